The van der Waals surface area contributed by atoms with Crippen molar-refractivity contribution in [3.8, 4) is 0 Å². The van der Waals surface area contributed by atoms with Crippen molar-refractivity contribution in [2.75, 3.05) is 0 Å². The summed E-state index contributed by atoms with van der Waals surface area (Å²) in [5, 5.41) is 5.17. The van der Waals surface area contributed by atoms with Crippen LogP contribution in [0.4, 0.5) is 0 Å². The highest BCUT2D eigenvalue weighted by molar-refractivity contribution is 6.30. The van der Waals surface area contributed by atoms with E-state index >= 15 is 0 Å². The summed E-state index contributed by atoms with van der Waals surface area (Å²) in [6.07, 6.45) is 3.93. The minimum absolute atomic E-state index is 0.648. The van der Waals surface area contributed by atoms with Gasteiger partial charge in [-0.2, -0.15) is 5.10 Å². The fourth-order valence-corrected chi connectivity index (χ4v) is 3.06. The molecular formula is C13H22ClN3. The molecule has 3 nitrogen and oxygen atoms in total. The second kappa shape index (κ2) is 4.99. The third kappa shape index (κ3) is 2.50. The average Bonchev–Trinajstić information content (AvgIpc) is 2.49. The fraction of sp³-hybridized carbons (Fsp3) is 0.769. The SMILES string of the molecule is Cc1nn(C)c(Cl)c1CN1C(C)CCCC1C. The van der Waals surface area contributed by atoms with Crippen LogP contribution in [-0.2, 0) is 13.6 Å². The summed E-state index contributed by atoms with van der Waals surface area (Å²) in [5.74, 6) is 0. The van der Waals surface area contributed by atoms with Gasteiger partial charge in [0, 0.05) is 31.2 Å². The molecule has 1 aromatic rings. The number of rotatable bonds is 2. The minimum Gasteiger partial charge on any atom is -0.294 e. The van der Waals surface area contributed by atoms with E-state index in [2.05, 4.69) is 23.8 Å². The molecule has 0 bridgehead atoms. The van der Waals surface area contributed by atoms with Crippen molar-refractivity contribution in [2.24, 2.45) is 7.05 Å². The van der Waals surface area contributed by atoms with Gasteiger partial charge in [0.15, 0.2) is 0 Å². The number of hydrogen-bond donors (Lipinski definition) is 0. The van der Waals surface area contributed by atoms with Crippen LogP contribution in [0.15, 0.2) is 0 Å². The molecule has 96 valence electrons. The van der Waals surface area contributed by atoms with Gasteiger partial charge in [-0.25, -0.2) is 0 Å². The van der Waals surface area contributed by atoms with Gasteiger partial charge in [0.25, 0.3) is 0 Å². The van der Waals surface area contributed by atoms with E-state index in [0.29, 0.717) is 12.1 Å². The van der Waals surface area contributed by atoms with E-state index in [1.165, 1.54) is 24.8 Å². The molecule has 0 aliphatic carbocycles. The zero-order valence-corrected chi connectivity index (χ0v) is 12.0. The van der Waals surface area contributed by atoms with E-state index in [9.17, 15) is 0 Å². The van der Waals surface area contributed by atoms with Crippen LogP contribution >= 0.6 is 11.6 Å². The fourth-order valence-electron chi connectivity index (χ4n) is 2.82. The second-order valence-electron chi connectivity index (χ2n) is 5.28. The Morgan fingerprint density at radius 1 is 1.29 bits per heavy atom. The molecule has 0 N–H and O–H groups in total. The molecule has 1 aliphatic rings. The molecule has 0 spiro atoms. The van der Waals surface area contributed by atoms with Crippen molar-refractivity contribution >= 4 is 11.6 Å². The summed E-state index contributed by atoms with van der Waals surface area (Å²) in [6.45, 7) is 7.60. The van der Waals surface area contributed by atoms with E-state index in [0.717, 1.165) is 17.4 Å². The molecule has 0 amide bonds. The Kier molecular flexibility index (Phi) is 3.79. The quantitative estimate of drug-likeness (QED) is 0.810. The van der Waals surface area contributed by atoms with E-state index in [1.807, 2.05) is 14.0 Å². The smallest absolute Gasteiger partial charge is 0.131 e. The van der Waals surface area contributed by atoms with Gasteiger partial charge in [-0.1, -0.05) is 18.0 Å². The summed E-state index contributed by atoms with van der Waals surface area (Å²) in [6, 6.07) is 1.30. The molecule has 0 aromatic carbocycles. The zero-order chi connectivity index (χ0) is 12.6. The van der Waals surface area contributed by atoms with Gasteiger partial charge in [0.05, 0.1) is 5.69 Å². The van der Waals surface area contributed by atoms with Gasteiger partial charge in [-0.3, -0.25) is 9.58 Å². The van der Waals surface area contributed by atoms with Crippen molar-refractivity contribution in [3.63, 3.8) is 0 Å². The lowest BCUT2D eigenvalue weighted by molar-refractivity contribution is 0.0951. The van der Waals surface area contributed by atoms with Crippen LogP contribution in [0.1, 0.15) is 44.4 Å². The Labute approximate surface area is 109 Å². The van der Waals surface area contributed by atoms with Crippen LogP contribution in [0.5, 0.6) is 0 Å². The van der Waals surface area contributed by atoms with Crippen molar-refractivity contribution in [3.05, 3.63) is 16.4 Å². The second-order valence-corrected chi connectivity index (χ2v) is 5.64. The third-order valence-electron chi connectivity index (χ3n) is 3.99. The van der Waals surface area contributed by atoms with Crippen molar-refractivity contribution in [2.45, 2.75) is 58.7 Å². The number of nitrogens with zero attached hydrogens (tertiary/aromatic N) is 3. The topological polar surface area (TPSA) is 21.1 Å². The molecular weight excluding hydrogens is 234 g/mol. The molecule has 4 heteroatoms. The lowest BCUT2D eigenvalue weighted by Crippen LogP contribution is -2.43. The van der Waals surface area contributed by atoms with Crippen LogP contribution in [0.3, 0.4) is 0 Å². The van der Waals surface area contributed by atoms with Gasteiger partial charge in [-0.05, 0) is 33.6 Å². The molecule has 2 heterocycles. The Balaban J connectivity index is 2.19. The van der Waals surface area contributed by atoms with Gasteiger partial charge in [-0.15, -0.1) is 0 Å². The number of piperidine rings is 1. The number of halogens is 1. The van der Waals surface area contributed by atoms with Crippen LogP contribution in [0.25, 0.3) is 0 Å². The van der Waals surface area contributed by atoms with Crippen LogP contribution in [0.2, 0.25) is 5.15 Å². The molecule has 0 radical (unpaired) electrons. The average molecular weight is 256 g/mol. The zero-order valence-electron chi connectivity index (χ0n) is 11.2. The number of likely N-dealkylation sites (tertiary alicyclic amines) is 1. The standard InChI is InChI=1S/C13H22ClN3/c1-9-6-5-7-10(2)17(9)8-12-11(3)15-16(4)13(12)14/h9-10H,5-8H2,1-4H3. The Hall–Kier alpha value is -0.540. The van der Waals surface area contributed by atoms with Crippen LogP contribution < -0.4 is 0 Å². The molecule has 1 saturated heterocycles. The molecule has 17 heavy (non-hydrogen) atoms. The van der Waals surface area contributed by atoms with Gasteiger partial charge < -0.3 is 0 Å². The predicted octanol–water partition coefficient (Wildman–Crippen LogP) is 3.14. The molecule has 1 aliphatic heterocycles. The number of aryl methyl sites for hydroxylation is 2. The highest BCUT2D eigenvalue weighted by atomic mass is 35.5. The van der Waals surface area contributed by atoms with Crippen LogP contribution in [-0.4, -0.2) is 26.8 Å². The maximum atomic E-state index is 6.30. The van der Waals surface area contributed by atoms with Crippen LogP contribution in [0, 0.1) is 6.92 Å². The lowest BCUT2D eigenvalue weighted by atomic mass is 9.97. The van der Waals surface area contributed by atoms with Crippen molar-refractivity contribution in [1.82, 2.24) is 14.7 Å². The Bertz CT molecular complexity index is 390. The first kappa shape index (κ1) is 12.9. The third-order valence-corrected chi connectivity index (χ3v) is 4.46. The maximum absolute atomic E-state index is 6.30. The first-order valence-electron chi connectivity index (χ1n) is 6.44. The molecule has 0 saturated carbocycles. The Morgan fingerprint density at radius 3 is 2.35 bits per heavy atom. The summed E-state index contributed by atoms with van der Waals surface area (Å²) < 4.78 is 1.77. The highest BCUT2D eigenvalue weighted by Gasteiger charge is 2.26. The van der Waals surface area contributed by atoms with Crippen molar-refractivity contribution in [1.29, 1.82) is 0 Å². The van der Waals surface area contributed by atoms with Gasteiger partial charge in [0.2, 0.25) is 0 Å². The monoisotopic (exact) mass is 255 g/mol. The predicted molar refractivity (Wildman–Crippen MR) is 71.3 cm³/mol. The molecule has 2 atom stereocenters. The normalized spacial score (nSPS) is 26.4. The van der Waals surface area contributed by atoms with Gasteiger partial charge in [0.1, 0.15) is 5.15 Å². The molecule has 2 unspecified atom stereocenters. The summed E-state index contributed by atoms with van der Waals surface area (Å²) in [4.78, 5) is 2.55. The number of hydrogen-bond acceptors (Lipinski definition) is 2. The maximum Gasteiger partial charge on any atom is 0.131 e. The highest BCUT2D eigenvalue weighted by Crippen LogP contribution is 2.28. The van der Waals surface area contributed by atoms with E-state index in [-0.39, 0.29) is 0 Å². The van der Waals surface area contributed by atoms with E-state index in [4.69, 9.17) is 11.6 Å². The molecule has 1 aromatic heterocycles. The molecule has 2 rings (SSSR count). The van der Waals surface area contributed by atoms with E-state index < -0.39 is 0 Å². The summed E-state index contributed by atoms with van der Waals surface area (Å²) in [7, 11) is 1.90. The number of aromatic nitrogens is 2. The largest absolute Gasteiger partial charge is 0.294 e. The van der Waals surface area contributed by atoms with E-state index in [1.54, 1.807) is 4.68 Å². The van der Waals surface area contributed by atoms with Gasteiger partial charge >= 0.3 is 0 Å². The summed E-state index contributed by atoms with van der Waals surface area (Å²) >= 11 is 6.30. The first-order valence-corrected chi connectivity index (χ1v) is 6.82. The first-order chi connectivity index (χ1) is 8.00. The minimum atomic E-state index is 0.648. The summed E-state index contributed by atoms with van der Waals surface area (Å²) in [5.41, 5.74) is 2.25. The lowest BCUT2D eigenvalue weighted by Gasteiger charge is -2.39. The Morgan fingerprint density at radius 2 is 1.88 bits per heavy atom. The van der Waals surface area contributed by atoms with Crippen molar-refractivity contribution < 1.29 is 0 Å². The molecule has 1 fully saturated rings.